The highest BCUT2D eigenvalue weighted by atomic mass is 16.4. The maximum Gasteiger partial charge on any atom is 0.320 e. The van der Waals surface area contributed by atoms with Crippen LogP contribution in [0.4, 0.5) is 0 Å². The number of aliphatic carboxylic acids is 10. The van der Waals surface area contributed by atoms with Crippen molar-refractivity contribution in [2.75, 3.05) is 19.6 Å². The lowest BCUT2D eigenvalue weighted by atomic mass is 10.1. The highest BCUT2D eigenvalue weighted by Crippen LogP contribution is 2.22. The summed E-state index contributed by atoms with van der Waals surface area (Å²) < 4.78 is 0. The van der Waals surface area contributed by atoms with Gasteiger partial charge in [0, 0.05) is 94.1 Å². The number of unbranched alkanes of at least 4 members (excludes halogenated alkanes) is 3. The van der Waals surface area contributed by atoms with Crippen molar-refractivity contribution in [1.82, 2.24) is 19.9 Å². The fourth-order valence-corrected chi connectivity index (χ4v) is 10.2. The minimum Gasteiger partial charge on any atom is -0.480 e. The molecule has 0 aliphatic heterocycles. The van der Waals surface area contributed by atoms with E-state index in [0.717, 1.165) is 104 Å². The second kappa shape index (κ2) is 60.7. The molecule has 4 heterocycles. The highest BCUT2D eigenvalue weighted by Gasteiger charge is 2.20. The van der Waals surface area contributed by atoms with E-state index < -0.39 is 120 Å². The van der Waals surface area contributed by atoms with Crippen molar-refractivity contribution in [2.24, 2.45) is 92.3 Å². The lowest BCUT2D eigenvalue weighted by Crippen LogP contribution is -2.32. The minimum absolute atomic E-state index is 0.347. The van der Waals surface area contributed by atoms with Crippen LogP contribution in [0.15, 0.2) is 122 Å². The smallest absolute Gasteiger partial charge is 0.320 e. The Morgan fingerprint density at radius 3 is 0.556 bits per heavy atom. The van der Waals surface area contributed by atoms with Gasteiger partial charge in [-0.2, -0.15) is 0 Å². The Kier molecular flexibility index (Phi) is 56.2. The van der Waals surface area contributed by atoms with E-state index in [1.54, 1.807) is 0 Å². The highest BCUT2D eigenvalue weighted by molar-refractivity contribution is 5.87. The Labute approximate surface area is 680 Å². The first kappa shape index (κ1) is 108. The van der Waals surface area contributed by atoms with Gasteiger partial charge in [0.15, 0.2) is 0 Å². The van der Waals surface area contributed by atoms with Crippen molar-refractivity contribution in [3.8, 4) is 0 Å². The Morgan fingerprint density at radius 2 is 0.419 bits per heavy atom. The van der Waals surface area contributed by atoms with Gasteiger partial charge in [-0.25, -0.2) is 0 Å². The molecule has 0 aliphatic rings. The number of rotatable bonds is 36. The van der Waals surface area contributed by atoms with Crippen LogP contribution in [0.1, 0.15) is 141 Å². The van der Waals surface area contributed by atoms with Gasteiger partial charge in [-0.05, 0) is 142 Å². The van der Waals surface area contributed by atoms with E-state index in [2.05, 4.69) is 19.9 Å². The third-order valence-corrected chi connectivity index (χ3v) is 16.7. The topological polar surface area (TPSA) is 774 Å². The summed E-state index contributed by atoms with van der Waals surface area (Å²) in [6.45, 7) is 13.5. The van der Waals surface area contributed by atoms with Crippen LogP contribution in [0.25, 0.3) is 43.6 Å². The van der Waals surface area contributed by atoms with Crippen LogP contribution in [0.5, 0.6) is 0 Å². The van der Waals surface area contributed by atoms with Crippen LogP contribution in [0.2, 0.25) is 0 Å². The summed E-state index contributed by atoms with van der Waals surface area (Å²) in [6, 6.07) is 23.4. The Hall–Kier alpha value is -10.8. The molecule has 8 rings (SSSR count). The number of fused-ring (bicyclic) bond motifs is 4. The van der Waals surface area contributed by atoms with E-state index in [1.807, 2.05) is 163 Å². The number of aromatic amines is 4. The first-order valence-corrected chi connectivity index (χ1v) is 38.0. The third kappa shape index (κ3) is 48.4. The number of H-pyrrole nitrogens is 4. The number of hydrogen-bond donors (Lipinski definition) is 27. The molecule has 8 aromatic rings. The number of hydrogen-bond acceptors (Lipinski definition) is 23. The van der Waals surface area contributed by atoms with E-state index in [1.165, 1.54) is 0 Å². The second-order valence-corrected chi connectivity index (χ2v) is 28.4. The normalized spacial score (nSPS) is 13.1. The number of carbonyl (C=O) groups is 10. The molecule has 40 N–H and O–H groups in total. The van der Waals surface area contributed by atoms with Crippen molar-refractivity contribution in [3.63, 3.8) is 0 Å². The zero-order chi connectivity index (χ0) is 89.6. The molecule has 0 fully saturated rings. The average molecular weight is 1650 g/mol. The van der Waals surface area contributed by atoms with Crippen LogP contribution in [0, 0.1) is 17.8 Å². The van der Waals surface area contributed by atoms with Gasteiger partial charge < -0.3 is 146 Å². The number of benzene rings is 4. The van der Waals surface area contributed by atoms with Gasteiger partial charge in [0.1, 0.15) is 60.4 Å². The molecule has 0 bridgehead atoms. The molecule has 0 saturated carbocycles. The number of nitrogens with one attached hydrogen (secondary N) is 4. The predicted molar refractivity (Wildman–Crippen MR) is 451 cm³/mol. The Bertz CT molecular complexity index is 3690. The fraction of sp³-hybridized carbons (Fsp3) is 0.475. The summed E-state index contributed by atoms with van der Waals surface area (Å²) in [4.78, 5) is 116. The van der Waals surface area contributed by atoms with E-state index >= 15 is 0 Å². The molecule has 37 nitrogen and oxygen atoms in total. The molecule has 0 amide bonds. The van der Waals surface area contributed by atoms with Gasteiger partial charge >= 0.3 is 59.7 Å². The van der Waals surface area contributed by atoms with Crippen molar-refractivity contribution in [2.45, 2.75) is 205 Å². The molecule has 0 radical (unpaired) electrons. The number of carboxylic acids is 10. The lowest BCUT2D eigenvalue weighted by molar-refractivity contribution is -0.139. The first-order valence-electron chi connectivity index (χ1n) is 38.0. The maximum atomic E-state index is 10.6. The zero-order valence-electron chi connectivity index (χ0n) is 67.5. The molecule has 10 atom stereocenters. The van der Waals surface area contributed by atoms with Gasteiger partial charge in [0.05, 0.1) is 0 Å². The summed E-state index contributed by atoms with van der Waals surface area (Å²) in [6.07, 6.45) is 16.8. The van der Waals surface area contributed by atoms with Crippen LogP contribution >= 0.6 is 0 Å². The molecular weight excluding hydrogens is 1520 g/mol. The van der Waals surface area contributed by atoms with Crippen molar-refractivity contribution in [3.05, 3.63) is 144 Å². The van der Waals surface area contributed by atoms with Gasteiger partial charge in [0.25, 0.3) is 0 Å². The van der Waals surface area contributed by atoms with Crippen molar-refractivity contribution >= 4 is 103 Å². The summed E-state index contributed by atoms with van der Waals surface area (Å²) >= 11 is 0. The third-order valence-electron chi connectivity index (χ3n) is 16.7. The number of carboxylic acid groups (broad SMARTS) is 10. The molecule has 0 aliphatic carbocycles. The number of aromatic nitrogens is 4. The predicted octanol–water partition coefficient (Wildman–Crippen LogP) is 4.40. The largest absolute Gasteiger partial charge is 0.480 e. The molecule has 0 saturated heterocycles. The fourth-order valence-electron chi connectivity index (χ4n) is 10.2. The van der Waals surface area contributed by atoms with Crippen LogP contribution in [-0.2, 0) is 73.6 Å². The summed E-state index contributed by atoms with van der Waals surface area (Å²) in [5, 5.41) is 88.9. The molecule has 0 spiro atoms. The second-order valence-electron chi connectivity index (χ2n) is 28.4. The molecular formula is C80H129N17O20. The first-order chi connectivity index (χ1) is 54.9. The van der Waals surface area contributed by atoms with Gasteiger partial charge in [-0.3, -0.25) is 47.9 Å². The van der Waals surface area contributed by atoms with Gasteiger partial charge in [-0.1, -0.05) is 134 Å². The Balaban J connectivity index is 0. The standard InChI is InChI=1S/4C11H12N2O2.3C6H14N2O2.3C6H13NO2/c4*12-9(11(14)15)5-7-6-13-10-4-2-1-3-8(7)10;3*7-4-2-1-3-5(8)6(9)10;3*1-4(2)3-5(7)6(8)9/h4*1-4,6,9,13H,5,12H2,(H,14,15);3*5H,1-4,7-8H2,(H,9,10);3*4-5H,3,7H2,1-2H3,(H,8,9)/t4*9-;6*5-/m0000000111/s1. The molecule has 37 heteroatoms. The van der Waals surface area contributed by atoms with E-state index in [-0.39, 0.29) is 0 Å². The van der Waals surface area contributed by atoms with E-state index in [9.17, 15) is 47.9 Å². The number of nitrogens with two attached hydrogens (primary N) is 13. The van der Waals surface area contributed by atoms with Crippen molar-refractivity contribution in [1.29, 1.82) is 0 Å². The quantitative estimate of drug-likeness (QED) is 0.0242. The summed E-state index contributed by atoms with van der Waals surface area (Å²) in [5.74, 6) is -8.36. The molecule has 117 heavy (non-hydrogen) atoms. The van der Waals surface area contributed by atoms with Crippen LogP contribution < -0.4 is 74.5 Å². The monoisotopic (exact) mass is 1650 g/mol. The van der Waals surface area contributed by atoms with Crippen LogP contribution in [0.3, 0.4) is 0 Å². The minimum atomic E-state index is -0.972. The van der Waals surface area contributed by atoms with Crippen LogP contribution in [-0.4, -0.2) is 211 Å². The maximum absolute atomic E-state index is 10.6. The molecule has 654 valence electrons. The summed E-state index contributed by atoms with van der Waals surface area (Å²) in [5.41, 5.74) is 76.7. The average Bonchev–Trinajstić information content (AvgIpc) is 1.71. The van der Waals surface area contributed by atoms with E-state index in [0.29, 0.717) is 102 Å². The van der Waals surface area contributed by atoms with Gasteiger partial charge in [0.2, 0.25) is 0 Å². The van der Waals surface area contributed by atoms with E-state index in [4.69, 9.17) is 126 Å². The zero-order valence-corrected chi connectivity index (χ0v) is 67.5. The number of para-hydroxylation sites is 4. The van der Waals surface area contributed by atoms with Gasteiger partial charge in [-0.15, -0.1) is 0 Å². The molecule has 0 unspecified atom stereocenters. The molecule has 4 aromatic heterocycles. The molecule has 4 aromatic carbocycles. The lowest BCUT2D eigenvalue weighted by Gasteiger charge is -2.07. The SMILES string of the molecule is CC(C)C[C@@H](N)C(=O)O.CC(C)C[C@@H](N)C(=O)O.CC(C)C[C@@H](N)C(=O)O.NCCCC[C@H](N)C(=O)O.NCCCC[C@H](N)C(=O)O.NCCCC[C@H](N)C(=O)O.N[C@@H](Cc1c[nH]c2ccccc12)C(=O)O.N[C@@H](Cc1c[nH]c2ccccc12)C(=O)O.N[C@@H](Cc1c[nH]c2ccccc12)C(=O)O.N[C@@H](Cc1c[nH]c2ccccc12)C(=O)O. The summed E-state index contributed by atoms with van der Waals surface area (Å²) in [7, 11) is 0. The Morgan fingerprint density at radius 1 is 0.256 bits per heavy atom. The van der Waals surface area contributed by atoms with Crippen molar-refractivity contribution < 1.29 is 99.0 Å².